The van der Waals surface area contributed by atoms with E-state index in [9.17, 15) is 13.2 Å². The predicted octanol–water partition coefficient (Wildman–Crippen LogP) is 2.85. The highest BCUT2D eigenvalue weighted by Gasteiger charge is 2.34. The van der Waals surface area contributed by atoms with E-state index >= 15 is 0 Å². The summed E-state index contributed by atoms with van der Waals surface area (Å²) >= 11 is 0. The lowest BCUT2D eigenvalue weighted by Crippen LogP contribution is -2.11. The van der Waals surface area contributed by atoms with Crippen molar-refractivity contribution < 1.29 is 17.9 Å². The Kier molecular flexibility index (Phi) is 4.98. The molecule has 1 aromatic carbocycles. The molecule has 0 saturated carbocycles. The van der Waals surface area contributed by atoms with Crippen molar-refractivity contribution >= 4 is 0 Å². The maximum atomic E-state index is 12.8. The lowest BCUT2D eigenvalue weighted by molar-refractivity contribution is -0.139. The molecule has 0 unspecified atom stereocenters. The van der Waals surface area contributed by atoms with Gasteiger partial charge in [0.2, 0.25) is 0 Å². The number of unbranched alkanes of at least 4 members (excludes halogenated alkanes) is 1. The van der Waals surface area contributed by atoms with Crippen LogP contribution in [-0.4, -0.2) is 6.61 Å². The second-order valence-electron chi connectivity index (χ2n) is 3.64. The Bertz CT molecular complexity index is 438. The topological polar surface area (TPSA) is 59.0 Å². The summed E-state index contributed by atoms with van der Waals surface area (Å²) in [6.07, 6.45) is -3.83. The molecular formula is C12H13F3N2O. The van der Waals surface area contributed by atoms with Crippen LogP contribution < -0.4 is 10.5 Å². The summed E-state index contributed by atoms with van der Waals surface area (Å²) in [5, 5.41) is 8.32. The van der Waals surface area contributed by atoms with Crippen molar-refractivity contribution in [3.05, 3.63) is 29.3 Å². The minimum Gasteiger partial charge on any atom is -0.493 e. The third-order valence-electron chi connectivity index (χ3n) is 2.28. The number of nitrogens with zero attached hydrogens (tertiary/aromatic N) is 1. The van der Waals surface area contributed by atoms with Crippen LogP contribution in [0.4, 0.5) is 13.2 Å². The zero-order valence-corrected chi connectivity index (χ0v) is 9.63. The minimum absolute atomic E-state index is 0.0395. The van der Waals surface area contributed by atoms with E-state index in [0.717, 1.165) is 6.07 Å². The standard InChI is InChI=1S/C12H13F3N2O/c13-12(14,15)10-7-9(8-17)3-4-11(10)18-6-2-1-5-16/h3-4,7H,1-2,6,8,17H2. The van der Waals surface area contributed by atoms with Crippen LogP contribution in [0, 0.1) is 11.3 Å². The van der Waals surface area contributed by atoms with Gasteiger partial charge in [-0.1, -0.05) is 6.07 Å². The molecule has 0 radical (unpaired) electrons. The monoisotopic (exact) mass is 258 g/mol. The average Bonchev–Trinajstić information content (AvgIpc) is 2.33. The van der Waals surface area contributed by atoms with Crippen LogP contribution in [0.5, 0.6) is 5.75 Å². The highest BCUT2D eigenvalue weighted by molar-refractivity contribution is 5.39. The fraction of sp³-hybridized carbons (Fsp3) is 0.417. The number of ether oxygens (including phenoxy) is 1. The summed E-state index contributed by atoms with van der Waals surface area (Å²) < 4.78 is 43.4. The molecule has 0 fully saturated rings. The van der Waals surface area contributed by atoms with Crippen molar-refractivity contribution in [2.75, 3.05) is 6.61 Å². The molecule has 0 atom stereocenters. The molecule has 0 spiro atoms. The van der Waals surface area contributed by atoms with Crippen molar-refractivity contribution in [3.63, 3.8) is 0 Å². The first kappa shape index (κ1) is 14.3. The number of alkyl halides is 3. The number of hydrogen-bond acceptors (Lipinski definition) is 3. The largest absolute Gasteiger partial charge is 0.493 e. The van der Waals surface area contributed by atoms with Gasteiger partial charge in [-0.25, -0.2) is 0 Å². The van der Waals surface area contributed by atoms with E-state index in [1.807, 2.05) is 6.07 Å². The molecule has 1 rings (SSSR count). The van der Waals surface area contributed by atoms with E-state index in [1.165, 1.54) is 12.1 Å². The van der Waals surface area contributed by atoms with Crippen molar-refractivity contribution in [2.45, 2.75) is 25.6 Å². The van der Waals surface area contributed by atoms with Crippen molar-refractivity contribution in [2.24, 2.45) is 5.73 Å². The zero-order chi connectivity index (χ0) is 13.6. The predicted molar refractivity (Wildman–Crippen MR) is 59.7 cm³/mol. The number of halogens is 3. The van der Waals surface area contributed by atoms with Gasteiger partial charge in [0.15, 0.2) is 0 Å². The van der Waals surface area contributed by atoms with Gasteiger partial charge >= 0.3 is 6.18 Å². The fourth-order valence-electron chi connectivity index (χ4n) is 1.38. The molecule has 1 aromatic rings. The van der Waals surface area contributed by atoms with Crippen LogP contribution in [-0.2, 0) is 12.7 Å². The summed E-state index contributed by atoms with van der Waals surface area (Å²) in [6, 6.07) is 5.64. The van der Waals surface area contributed by atoms with Gasteiger partial charge in [-0.2, -0.15) is 18.4 Å². The molecular weight excluding hydrogens is 245 g/mol. The molecule has 0 aliphatic heterocycles. The summed E-state index contributed by atoms with van der Waals surface area (Å²) in [6.45, 7) is 0.121. The molecule has 0 bridgehead atoms. The molecule has 2 N–H and O–H groups in total. The molecule has 98 valence electrons. The third kappa shape index (κ3) is 3.93. The summed E-state index contributed by atoms with van der Waals surface area (Å²) in [5.74, 6) is -0.224. The Labute approximate surface area is 103 Å². The summed E-state index contributed by atoms with van der Waals surface area (Å²) in [5.41, 5.74) is 4.87. The molecule has 6 heteroatoms. The zero-order valence-electron chi connectivity index (χ0n) is 9.63. The first-order valence-electron chi connectivity index (χ1n) is 5.39. The lowest BCUT2D eigenvalue weighted by atomic mass is 10.1. The number of nitriles is 1. The molecule has 3 nitrogen and oxygen atoms in total. The Morgan fingerprint density at radius 1 is 1.33 bits per heavy atom. The van der Waals surface area contributed by atoms with Crippen LogP contribution in [0.15, 0.2) is 18.2 Å². The van der Waals surface area contributed by atoms with E-state index in [4.69, 9.17) is 15.7 Å². The summed E-state index contributed by atoms with van der Waals surface area (Å²) in [7, 11) is 0. The van der Waals surface area contributed by atoms with E-state index in [1.54, 1.807) is 0 Å². The second kappa shape index (κ2) is 6.26. The van der Waals surface area contributed by atoms with Crippen molar-refractivity contribution in [1.82, 2.24) is 0 Å². The molecule has 0 heterocycles. The lowest BCUT2D eigenvalue weighted by Gasteiger charge is -2.14. The number of nitrogens with two attached hydrogens (primary N) is 1. The van der Waals surface area contributed by atoms with E-state index in [-0.39, 0.29) is 25.3 Å². The van der Waals surface area contributed by atoms with Crippen LogP contribution >= 0.6 is 0 Å². The second-order valence-corrected chi connectivity index (χ2v) is 3.64. The highest BCUT2D eigenvalue weighted by Crippen LogP contribution is 2.36. The van der Waals surface area contributed by atoms with E-state index in [2.05, 4.69) is 0 Å². The van der Waals surface area contributed by atoms with Crippen LogP contribution in [0.25, 0.3) is 0 Å². The Balaban J connectivity index is 2.86. The first-order chi connectivity index (χ1) is 8.49. The maximum Gasteiger partial charge on any atom is 0.419 e. The van der Waals surface area contributed by atoms with Crippen molar-refractivity contribution in [1.29, 1.82) is 5.26 Å². The van der Waals surface area contributed by atoms with Gasteiger partial charge in [-0.15, -0.1) is 0 Å². The van der Waals surface area contributed by atoms with Crippen molar-refractivity contribution in [3.8, 4) is 11.8 Å². The molecule has 0 aliphatic rings. The Hall–Kier alpha value is -1.74. The maximum absolute atomic E-state index is 12.8. The number of rotatable bonds is 5. The van der Waals surface area contributed by atoms with Crippen LogP contribution in [0.1, 0.15) is 24.0 Å². The molecule has 0 aromatic heterocycles. The van der Waals surface area contributed by atoms with Crippen LogP contribution in [0.2, 0.25) is 0 Å². The van der Waals surface area contributed by atoms with E-state index in [0.29, 0.717) is 12.0 Å². The normalized spacial score (nSPS) is 11.1. The Morgan fingerprint density at radius 3 is 2.61 bits per heavy atom. The highest BCUT2D eigenvalue weighted by atomic mass is 19.4. The summed E-state index contributed by atoms with van der Waals surface area (Å²) in [4.78, 5) is 0. The molecule has 18 heavy (non-hydrogen) atoms. The van der Waals surface area contributed by atoms with Gasteiger partial charge in [0.1, 0.15) is 5.75 Å². The average molecular weight is 258 g/mol. The van der Waals surface area contributed by atoms with Gasteiger partial charge in [-0.05, 0) is 24.1 Å². The smallest absolute Gasteiger partial charge is 0.419 e. The first-order valence-corrected chi connectivity index (χ1v) is 5.39. The van der Waals surface area contributed by atoms with Gasteiger partial charge in [0.05, 0.1) is 18.2 Å². The van der Waals surface area contributed by atoms with Gasteiger partial charge in [0, 0.05) is 13.0 Å². The number of benzene rings is 1. The quantitative estimate of drug-likeness (QED) is 0.826. The number of hydrogen-bond donors (Lipinski definition) is 1. The SMILES string of the molecule is N#CCCCOc1ccc(CN)cc1C(F)(F)F. The fourth-order valence-corrected chi connectivity index (χ4v) is 1.38. The minimum atomic E-state index is -4.48. The van der Waals surface area contributed by atoms with Gasteiger partial charge in [0.25, 0.3) is 0 Å². The van der Waals surface area contributed by atoms with Gasteiger partial charge < -0.3 is 10.5 Å². The van der Waals surface area contributed by atoms with E-state index < -0.39 is 11.7 Å². The third-order valence-corrected chi connectivity index (χ3v) is 2.28. The molecule has 0 aliphatic carbocycles. The Morgan fingerprint density at radius 2 is 2.06 bits per heavy atom. The van der Waals surface area contributed by atoms with Crippen LogP contribution in [0.3, 0.4) is 0 Å². The molecule has 0 amide bonds. The molecule has 0 saturated heterocycles. The van der Waals surface area contributed by atoms with Gasteiger partial charge in [-0.3, -0.25) is 0 Å².